The summed E-state index contributed by atoms with van der Waals surface area (Å²) in [7, 11) is 0. The average Bonchev–Trinajstić information content (AvgIpc) is 2.82. The van der Waals surface area contributed by atoms with Crippen LogP contribution in [0.25, 0.3) is 11.1 Å². The van der Waals surface area contributed by atoms with E-state index >= 15 is 0 Å². The van der Waals surface area contributed by atoms with E-state index in [1.54, 1.807) is 6.07 Å². The number of aryl methyl sites for hydroxylation is 1. The van der Waals surface area contributed by atoms with E-state index in [0.29, 0.717) is 24.2 Å². The van der Waals surface area contributed by atoms with Crippen LogP contribution in [-0.2, 0) is 24.2 Å². The Balaban J connectivity index is 1.90. The summed E-state index contributed by atoms with van der Waals surface area (Å²) in [4.78, 5) is 10.9. The maximum Gasteiger partial charge on any atom is 0.303 e. The lowest BCUT2D eigenvalue weighted by molar-refractivity contribution is -0.136. The van der Waals surface area contributed by atoms with Gasteiger partial charge in [-0.3, -0.25) is 4.79 Å². The molecular weight excluding hydrogens is 465 g/mol. The molecule has 0 heterocycles. The minimum atomic E-state index is -2.68. The molecule has 0 unspecified atom stereocenters. The van der Waals surface area contributed by atoms with Crippen molar-refractivity contribution < 1.29 is 27.8 Å². The molecule has 6 heteroatoms. The van der Waals surface area contributed by atoms with E-state index in [0.717, 1.165) is 41.7 Å². The van der Waals surface area contributed by atoms with Crippen LogP contribution in [0.2, 0.25) is 0 Å². The molecule has 0 aliphatic carbocycles. The Morgan fingerprint density at radius 3 is 2.47 bits per heavy atom. The number of hydrogen-bond acceptors (Lipinski definition) is 2. The molecule has 0 spiro atoms. The second-order valence-electron chi connectivity index (χ2n) is 9.95. The van der Waals surface area contributed by atoms with Crippen molar-refractivity contribution in [3.63, 3.8) is 0 Å². The zero-order chi connectivity index (χ0) is 26.3. The second kappa shape index (κ2) is 12.1. The number of benzene rings is 3. The normalized spacial score (nSPS) is 11.6. The van der Waals surface area contributed by atoms with Crippen LogP contribution in [0.5, 0.6) is 5.75 Å². The zero-order valence-corrected chi connectivity index (χ0v) is 21.0. The molecule has 192 valence electrons. The lowest BCUT2D eigenvalue weighted by Crippen LogP contribution is -2.15. The molecule has 0 radical (unpaired) electrons. The summed E-state index contributed by atoms with van der Waals surface area (Å²) in [5, 5.41) is 8.91. The monoisotopic (exact) mass is 498 g/mol. The molecule has 0 saturated heterocycles. The van der Waals surface area contributed by atoms with Gasteiger partial charge in [-0.05, 0) is 71.2 Å². The van der Waals surface area contributed by atoms with Gasteiger partial charge in [0, 0.05) is 17.5 Å². The molecule has 0 amide bonds. The van der Waals surface area contributed by atoms with Gasteiger partial charge >= 0.3 is 5.97 Å². The highest BCUT2D eigenvalue weighted by Gasteiger charge is 2.22. The molecule has 0 saturated carbocycles. The van der Waals surface area contributed by atoms with Crippen molar-refractivity contribution in [2.24, 2.45) is 5.41 Å². The van der Waals surface area contributed by atoms with Gasteiger partial charge in [-0.1, -0.05) is 63.6 Å². The second-order valence-corrected chi connectivity index (χ2v) is 9.95. The first kappa shape index (κ1) is 27.3. The van der Waals surface area contributed by atoms with E-state index in [4.69, 9.17) is 9.84 Å². The largest absolute Gasteiger partial charge is 0.489 e. The topological polar surface area (TPSA) is 46.5 Å². The number of carbonyl (C=O) groups is 1. The van der Waals surface area contributed by atoms with Gasteiger partial charge in [0.05, 0.1) is 0 Å². The van der Waals surface area contributed by atoms with E-state index < -0.39 is 18.2 Å². The molecule has 0 aliphatic rings. The first-order valence-corrected chi connectivity index (χ1v) is 12.2. The van der Waals surface area contributed by atoms with Gasteiger partial charge in [0.15, 0.2) is 0 Å². The van der Waals surface area contributed by atoms with Crippen molar-refractivity contribution in [2.45, 2.75) is 65.9 Å². The van der Waals surface area contributed by atoms with Crippen molar-refractivity contribution in [2.75, 3.05) is 0 Å². The number of ether oxygens (including phenoxy) is 1. The predicted molar refractivity (Wildman–Crippen MR) is 136 cm³/mol. The standard InChI is InChI=1S/C30H33F3O3/c1-4-14-30(2,3)18-23-15-21(19-36-24-7-5-6-20(16-24)9-13-28(34)35)8-11-25(23)26-17-22(29(32)33)10-12-27(26)31/h5-8,10-12,15-17,29H,4,9,13-14,18-19H2,1-3H3,(H,34,35). The van der Waals surface area contributed by atoms with Gasteiger partial charge < -0.3 is 9.84 Å². The van der Waals surface area contributed by atoms with Crippen LogP contribution >= 0.6 is 0 Å². The van der Waals surface area contributed by atoms with Crippen LogP contribution in [0.1, 0.15) is 68.7 Å². The average molecular weight is 499 g/mol. The quantitative estimate of drug-likeness (QED) is 0.273. The smallest absolute Gasteiger partial charge is 0.303 e. The fourth-order valence-electron chi connectivity index (χ4n) is 4.52. The fourth-order valence-corrected chi connectivity index (χ4v) is 4.52. The SMILES string of the molecule is CCCC(C)(C)Cc1cc(COc2cccc(CCC(=O)O)c2)ccc1-c1cc(C(F)F)ccc1F. The van der Waals surface area contributed by atoms with Crippen molar-refractivity contribution in [1.29, 1.82) is 0 Å². The lowest BCUT2D eigenvalue weighted by Gasteiger charge is -2.26. The van der Waals surface area contributed by atoms with Gasteiger partial charge in [0.1, 0.15) is 18.2 Å². The Morgan fingerprint density at radius 1 is 1.00 bits per heavy atom. The van der Waals surface area contributed by atoms with E-state index in [1.165, 1.54) is 6.07 Å². The van der Waals surface area contributed by atoms with Crippen LogP contribution in [0.4, 0.5) is 13.2 Å². The first-order valence-electron chi connectivity index (χ1n) is 12.2. The molecule has 36 heavy (non-hydrogen) atoms. The number of carboxylic acid groups (broad SMARTS) is 1. The molecule has 3 aromatic rings. The van der Waals surface area contributed by atoms with Gasteiger partial charge in [-0.25, -0.2) is 13.2 Å². The minimum absolute atomic E-state index is 0.0468. The minimum Gasteiger partial charge on any atom is -0.489 e. The summed E-state index contributed by atoms with van der Waals surface area (Å²) in [6, 6.07) is 16.4. The third-order valence-electron chi connectivity index (χ3n) is 6.23. The van der Waals surface area contributed by atoms with Crippen molar-refractivity contribution in [3.8, 4) is 16.9 Å². The van der Waals surface area contributed by atoms with Crippen LogP contribution in [0, 0.1) is 11.2 Å². The number of alkyl halides is 2. The molecule has 1 N–H and O–H groups in total. The molecule has 3 nitrogen and oxygen atoms in total. The van der Waals surface area contributed by atoms with Gasteiger partial charge in [0.2, 0.25) is 0 Å². The number of halogens is 3. The summed E-state index contributed by atoms with van der Waals surface area (Å²) >= 11 is 0. The van der Waals surface area contributed by atoms with Crippen molar-refractivity contribution >= 4 is 5.97 Å². The van der Waals surface area contributed by atoms with Crippen LogP contribution in [-0.4, -0.2) is 11.1 Å². The van der Waals surface area contributed by atoms with Gasteiger partial charge in [0.25, 0.3) is 6.43 Å². The summed E-state index contributed by atoms with van der Waals surface area (Å²) < 4.78 is 47.4. The number of rotatable bonds is 12. The Morgan fingerprint density at radius 2 is 1.78 bits per heavy atom. The van der Waals surface area contributed by atoms with Crippen LogP contribution in [0.15, 0.2) is 60.7 Å². The van der Waals surface area contributed by atoms with E-state index in [1.807, 2.05) is 36.4 Å². The Labute approximate surface area is 210 Å². The molecule has 0 fully saturated rings. The number of aliphatic carboxylic acids is 1. The summed E-state index contributed by atoms with van der Waals surface area (Å²) in [6.45, 7) is 6.68. The molecule has 0 bridgehead atoms. The molecular formula is C30H33F3O3. The third kappa shape index (κ3) is 7.61. The van der Waals surface area contributed by atoms with E-state index in [-0.39, 0.29) is 29.6 Å². The highest BCUT2D eigenvalue weighted by molar-refractivity contribution is 5.69. The molecule has 0 aliphatic heterocycles. The molecule has 0 aromatic heterocycles. The van der Waals surface area contributed by atoms with E-state index in [9.17, 15) is 18.0 Å². The third-order valence-corrected chi connectivity index (χ3v) is 6.23. The highest BCUT2D eigenvalue weighted by atomic mass is 19.3. The Bertz CT molecular complexity index is 1190. The van der Waals surface area contributed by atoms with E-state index in [2.05, 4.69) is 20.8 Å². The van der Waals surface area contributed by atoms with Gasteiger partial charge in [-0.2, -0.15) is 0 Å². The number of carboxylic acids is 1. The summed E-state index contributed by atoms with van der Waals surface area (Å²) in [5.74, 6) is -0.753. The van der Waals surface area contributed by atoms with Crippen LogP contribution < -0.4 is 4.74 Å². The lowest BCUT2D eigenvalue weighted by atomic mass is 9.79. The zero-order valence-electron chi connectivity index (χ0n) is 21.0. The first-order chi connectivity index (χ1) is 17.1. The molecule has 3 rings (SSSR count). The fraction of sp³-hybridized carbons (Fsp3) is 0.367. The Hall–Kier alpha value is -3.28. The summed E-state index contributed by atoms with van der Waals surface area (Å²) in [6.07, 6.45) is 0.413. The maximum absolute atomic E-state index is 14.8. The molecule has 0 atom stereocenters. The molecule has 3 aromatic carbocycles. The Kier molecular flexibility index (Phi) is 9.19. The summed E-state index contributed by atoms with van der Waals surface area (Å²) in [5.41, 5.74) is 3.16. The maximum atomic E-state index is 14.8. The van der Waals surface area contributed by atoms with Crippen LogP contribution in [0.3, 0.4) is 0 Å². The number of hydrogen-bond donors (Lipinski definition) is 1. The predicted octanol–water partition coefficient (Wildman–Crippen LogP) is 8.40. The van der Waals surface area contributed by atoms with Gasteiger partial charge in [-0.15, -0.1) is 0 Å². The van der Waals surface area contributed by atoms with Crippen molar-refractivity contribution in [3.05, 3.63) is 88.7 Å². The van der Waals surface area contributed by atoms with Crippen molar-refractivity contribution in [1.82, 2.24) is 0 Å². The highest BCUT2D eigenvalue weighted by Crippen LogP contribution is 2.36.